The lowest BCUT2D eigenvalue weighted by atomic mass is 10.1. The first-order valence-electron chi connectivity index (χ1n) is 9.44. The van der Waals surface area contributed by atoms with Crippen LogP contribution in [0.4, 0.5) is 10.8 Å². The number of hydrogen-bond acceptors (Lipinski definition) is 8. The Morgan fingerprint density at radius 2 is 1.73 bits per heavy atom. The number of nitrogens with one attached hydrogen (secondary N) is 1. The lowest BCUT2D eigenvalue weighted by Crippen LogP contribution is -2.27. The van der Waals surface area contributed by atoms with E-state index in [1.54, 1.807) is 12.1 Å². The van der Waals surface area contributed by atoms with Gasteiger partial charge in [-0.25, -0.2) is 8.42 Å². The minimum absolute atomic E-state index is 0.0853. The first-order valence-corrected chi connectivity index (χ1v) is 12.7. The van der Waals surface area contributed by atoms with Gasteiger partial charge in [0.2, 0.25) is 15.2 Å². The number of para-hydroxylation sites is 1. The second-order valence-electron chi connectivity index (χ2n) is 6.71. The standard InChI is InChI=1S/C20H20N4O3S3/c25-18(14-28-20-23-22-19(29-20)21-16-6-2-1-3-7-16)15-8-10-17(11-9-15)30(26,27)24-12-4-5-13-24/h1-3,6-11H,4-5,12-14H2,(H,21,22). The van der Waals surface area contributed by atoms with Gasteiger partial charge in [-0.05, 0) is 37.1 Å². The van der Waals surface area contributed by atoms with Gasteiger partial charge in [0.05, 0.1) is 10.6 Å². The molecule has 0 unspecified atom stereocenters. The van der Waals surface area contributed by atoms with E-state index in [1.807, 2.05) is 30.3 Å². The van der Waals surface area contributed by atoms with Gasteiger partial charge in [-0.3, -0.25) is 4.79 Å². The molecule has 7 nitrogen and oxygen atoms in total. The van der Waals surface area contributed by atoms with Crippen LogP contribution >= 0.6 is 23.1 Å². The molecular formula is C20H20N4O3S3. The van der Waals surface area contributed by atoms with Crippen LogP contribution in [0.5, 0.6) is 0 Å². The molecule has 0 saturated carbocycles. The number of nitrogens with zero attached hydrogens (tertiary/aromatic N) is 3. The van der Waals surface area contributed by atoms with Gasteiger partial charge in [-0.1, -0.05) is 53.4 Å². The van der Waals surface area contributed by atoms with Crippen LogP contribution in [0.3, 0.4) is 0 Å². The molecule has 0 bridgehead atoms. The molecule has 0 atom stereocenters. The molecule has 1 saturated heterocycles. The zero-order valence-electron chi connectivity index (χ0n) is 16.0. The monoisotopic (exact) mass is 460 g/mol. The number of sulfonamides is 1. The van der Waals surface area contributed by atoms with E-state index >= 15 is 0 Å². The van der Waals surface area contributed by atoms with Crippen LogP contribution in [0.2, 0.25) is 0 Å². The molecule has 1 aliphatic rings. The molecule has 0 aliphatic carbocycles. The van der Waals surface area contributed by atoms with E-state index in [4.69, 9.17) is 0 Å². The Morgan fingerprint density at radius 3 is 2.43 bits per heavy atom. The Balaban J connectivity index is 1.34. The van der Waals surface area contributed by atoms with Gasteiger partial charge in [0.15, 0.2) is 10.1 Å². The quantitative estimate of drug-likeness (QED) is 0.401. The molecule has 4 rings (SSSR count). The van der Waals surface area contributed by atoms with Crippen LogP contribution in [0, 0.1) is 0 Å². The van der Waals surface area contributed by atoms with Gasteiger partial charge in [0.25, 0.3) is 0 Å². The maximum atomic E-state index is 12.6. The van der Waals surface area contributed by atoms with Crippen molar-refractivity contribution >= 4 is 49.7 Å². The number of rotatable bonds is 8. The number of carbonyl (C=O) groups excluding carboxylic acids is 1. The van der Waals surface area contributed by atoms with Crippen molar-refractivity contribution in [3.8, 4) is 0 Å². The van der Waals surface area contributed by atoms with Crippen molar-refractivity contribution in [2.45, 2.75) is 22.1 Å². The van der Waals surface area contributed by atoms with Crippen molar-refractivity contribution in [3.05, 3.63) is 60.2 Å². The number of aromatic nitrogens is 2. The van der Waals surface area contributed by atoms with Crippen molar-refractivity contribution < 1.29 is 13.2 Å². The molecule has 1 fully saturated rings. The molecule has 1 aliphatic heterocycles. The van der Waals surface area contributed by atoms with Gasteiger partial charge >= 0.3 is 0 Å². The van der Waals surface area contributed by atoms with Crippen molar-refractivity contribution in [3.63, 3.8) is 0 Å². The largest absolute Gasteiger partial charge is 0.330 e. The normalized spacial score (nSPS) is 14.7. The van der Waals surface area contributed by atoms with Crippen LogP contribution in [0.25, 0.3) is 0 Å². The number of hydrogen-bond donors (Lipinski definition) is 1. The van der Waals surface area contributed by atoms with Gasteiger partial charge in [0.1, 0.15) is 0 Å². The minimum Gasteiger partial charge on any atom is -0.330 e. The number of carbonyl (C=O) groups is 1. The van der Waals surface area contributed by atoms with E-state index in [-0.39, 0.29) is 16.4 Å². The van der Waals surface area contributed by atoms with Crippen molar-refractivity contribution in [2.24, 2.45) is 0 Å². The molecule has 1 aromatic heterocycles. The SMILES string of the molecule is O=C(CSc1nnc(Nc2ccccc2)s1)c1ccc(S(=O)(=O)N2CCCC2)cc1. The molecule has 156 valence electrons. The molecule has 1 N–H and O–H groups in total. The number of ketones is 1. The highest BCUT2D eigenvalue weighted by molar-refractivity contribution is 8.01. The molecule has 0 spiro atoms. The first kappa shape index (κ1) is 21.0. The lowest BCUT2D eigenvalue weighted by molar-refractivity contribution is 0.102. The second kappa shape index (κ2) is 9.25. The summed E-state index contributed by atoms with van der Waals surface area (Å²) in [7, 11) is -3.47. The summed E-state index contributed by atoms with van der Waals surface area (Å²) in [6.07, 6.45) is 1.78. The Labute approximate surface area is 183 Å². The third kappa shape index (κ3) is 4.89. The predicted octanol–water partition coefficient (Wildman–Crippen LogP) is 4.04. The van der Waals surface area contributed by atoms with Gasteiger partial charge in [0, 0.05) is 24.3 Å². The maximum absolute atomic E-state index is 12.6. The van der Waals surface area contributed by atoms with E-state index in [0.29, 0.717) is 28.1 Å². The minimum atomic E-state index is -3.47. The van der Waals surface area contributed by atoms with Crippen LogP contribution in [-0.2, 0) is 10.0 Å². The van der Waals surface area contributed by atoms with Crippen LogP contribution < -0.4 is 5.32 Å². The summed E-state index contributed by atoms with van der Waals surface area (Å²) in [5.41, 5.74) is 1.40. The molecule has 3 aromatic rings. The fraction of sp³-hybridized carbons (Fsp3) is 0.250. The fourth-order valence-corrected chi connectivity index (χ4v) is 6.25. The average molecular weight is 461 g/mol. The molecule has 0 radical (unpaired) electrons. The number of benzene rings is 2. The van der Waals surface area contributed by atoms with E-state index in [1.165, 1.54) is 39.5 Å². The smallest absolute Gasteiger partial charge is 0.243 e. The Morgan fingerprint density at radius 1 is 1.03 bits per heavy atom. The molecular weight excluding hydrogens is 440 g/mol. The summed E-state index contributed by atoms with van der Waals surface area (Å²) in [6, 6.07) is 15.8. The second-order valence-corrected chi connectivity index (χ2v) is 10.8. The molecule has 30 heavy (non-hydrogen) atoms. The Bertz CT molecular complexity index is 1110. The number of Topliss-reactive ketones (excluding diaryl/α,β-unsaturated/α-hetero) is 1. The van der Waals surface area contributed by atoms with Crippen molar-refractivity contribution in [2.75, 3.05) is 24.2 Å². The zero-order chi connectivity index (χ0) is 21.0. The third-order valence-electron chi connectivity index (χ3n) is 4.64. The summed E-state index contributed by atoms with van der Waals surface area (Å²) in [5, 5.41) is 12.0. The summed E-state index contributed by atoms with van der Waals surface area (Å²) in [4.78, 5) is 12.7. The average Bonchev–Trinajstić information content (AvgIpc) is 3.46. The van der Waals surface area contributed by atoms with E-state index in [0.717, 1.165) is 18.5 Å². The first-order chi connectivity index (χ1) is 14.5. The maximum Gasteiger partial charge on any atom is 0.243 e. The highest BCUT2D eigenvalue weighted by atomic mass is 32.2. The fourth-order valence-electron chi connectivity index (χ4n) is 3.06. The van der Waals surface area contributed by atoms with E-state index in [9.17, 15) is 13.2 Å². The summed E-state index contributed by atoms with van der Waals surface area (Å²) in [6.45, 7) is 1.12. The third-order valence-corrected chi connectivity index (χ3v) is 8.52. The van der Waals surface area contributed by atoms with Crippen molar-refractivity contribution in [1.29, 1.82) is 0 Å². The van der Waals surface area contributed by atoms with Crippen LogP contribution in [0.15, 0.2) is 63.8 Å². The Hall–Kier alpha value is -2.27. The topological polar surface area (TPSA) is 92.3 Å². The lowest BCUT2D eigenvalue weighted by Gasteiger charge is -2.15. The van der Waals surface area contributed by atoms with Gasteiger partial charge in [-0.2, -0.15) is 4.31 Å². The molecule has 2 aromatic carbocycles. The van der Waals surface area contributed by atoms with Gasteiger partial charge in [-0.15, -0.1) is 10.2 Å². The number of thioether (sulfide) groups is 1. The highest BCUT2D eigenvalue weighted by Gasteiger charge is 2.27. The summed E-state index contributed by atoms with van der Waals surface area (Å²) >= 11 is 2.69. The van der Waals surface area contributed by atoms with Crippen molar-refractivity contribution in [1.82, 2.24) is 14.5 Å². The summed E-state index contributed by atoms with van der Waals surface area (Å²) in [5.74, 6) is 0.121. The van der Waals surface area contributed by atoms with Crippen LogP contribution in [0.1, 0.15) is 23.2 Å². The molecule has 0 amide bonds. The molecule has 10 heteroatoms. The van der Waals surface area contributed by atoms with E-state index < -0.39 is 10.0 Å². The zero-order valence-corrected chi connectivity index (χ0v) is 18.5. The Kier molecular flexibility index (Phi) is 6.47. The van der Waals surface area contributed by atoms with E-state index in [2.05, 4.69) is 15.5 Å². The predicted molar refractivity (Wildman–Crippen MR) is 119 cm³/mol. The highest BCUT2D eigenvalue weighted by Crippen LogP contribution is 2.28. The van der Waals surface area contributed by atoms with Crippen LogP contribution in [-0.4, -0.2) is 47.5 Å². The number of anilines is 2. The molecule has 2 heterocycles. The van der Waals surface area contributed by atoms with Gasteiger partial charge < -0.3 is 5.32 Å². The summed E-state index contributed by atoms with van der Waals surface area (Å²) < 4.78 is 27.3.